The number of benzene rings is 1. The maximum Gasteiger partial charge on any atom is 0.275 e. The van der Waals surface area contributed by atoms with E-state index < -0.39 is 24.8 Å². The molecule has 0 saturated heterocycles. The number of hydrogen-bond donors (Lipinski definition) is 2. The number of nitrogen functional groups attached to an aromatic ring is 1. The maximum atomic E-state index is 13.9. The van der Waals surface area contributed by atoms with E-state index in [0.29, 0.717) is 4.70 Å². The van der Waals surface area contributed by atoms with Gasteiger partial charge in [0.05, 0.1) is 6.61 Å². The standard InChI is InChI=1S/C12H11F3N2O2S/c13-7-2-1-3-8-10(7)6(4-19-5-9(14)15)11(20-8)12(18)17-16/h1-3,9H,4-5,16H2,(H,17,18). The molecule has 2 rings (SSSR count). The van der Waals surface area contributed by atoms with Crippen molar-refractivity contribution in [3.63, 3.8) is 0 Å². The van der Waals surface area contributed by atoms with Crippen LogP contribution in [0.5, 0.6) is 0 Å². The Bertz CT molecular complexity index is 630. The van der Waals surface area contributed by atoms with Crippen LogP contribution >= 0.6 is 11.3 Å². The van der Waals surface area contributed by atoms with Crippen molar-refractivity contribution in [2.75, 3.05) is 6.61 Å². The number of thiophene rings is 1. The molecule has 20 heavy (non-hydrogen) atoms. The number of nitrogens with two attached hydrogens (primary N) is 1. The monoisotopic (exact) mass is 304 g/mol. The first-order valence-electron chi connectivity index (χ1n) is 5.61. The molecule has 8 heteroatoms. The Morgan fingerprint density at radius 2 is 2.20 bits per heavy atom. The summed E-state index contributed by atoms with van der Waals surface area (Å²) >= 11 is 1.03. The van der Waals surface area contributed by atoms with E-state index >= 15 is 0 Å². The van der Waals surface area contributed by atoms with Gasteiger partial charge < -0.3 is 4.74 Å². The Balaban J connectivity index is 2.43. The SMILES string of the molecule is NNC(=O)c1sc2cccc(F)c2c1COCC(F)F. The molecule has 0 aliphatic rings. The van der Waals surface area contributed by atoms with Crippen LogP contribution in [-0.2, 0) is 11.3 Å². The highest BCUT2D eigenvalue weighted by Gasteiger charge is 2.20. The first-order chi connectivity index (χ1) is 9.54. The average Bonchev–Trinajstić information content (AvgIpc) is 2.78. The van der Waals surface area contributed by atoms with Crippen molar-refractivity contribution in [2.45, 2.75) is 13.0 Å². The van der Waals surface area contributed by atoms with Crippen LogP contribution in [0.15, 0.2) is 18.2 Å². The summed E-state index contributed by atoms with van der Waals surface area (Å²) in [6.45, 7) is -1.07. The number of carbonyl (C=O) groups excluding carboxylic acids is 1. The van der Waals surface area contributed by atoms with Crippen LogP contribution in [0, 0.1) is 5.82 Å². The van der Waals surface area contributed by atoms with E-state index in [1.54, 1.807) is 6.07 Å². The minimum absolute atomic E-state index is 0.155. The van der Waals surface area contributed by atoms with Gasteiger partial charge in [0.1, 0.15) is 17.3 Å². The van der Waals surface area contributed by atoms with Crippen molar-refractivity contribution >= 4 is 27.3 Å². The molecular formula is C12H11F3N2O2S. The van der Waals surface area contributed by atoms with E-state index in [1.807, 2.05) is 5.43 Å². The van der Waals surface area contributed by atoms with Crippen molar-refractivity contribution in [3.05, 3.63) is 34.5 Å². The normalized spacial score (nSPS) is 11.2. The fraction of sp³-hybridized carbons (Fsp3) is 0.250. The molecule has 0 aliphatic heterocycles. The van der Waals surface area contributed by atoms with E-state index in [1.165, 1.54) is 12.1 Å². The van der Waals surface area contributed by atoms with Crippen molar-refractivity contribution in [3.8, 4) is 0 Å². The van der Waals surface area contributed by atoms with Crippen molar-refractivity contribution < 1.29 is 22.7 Å². The molecule has 108 valence electrons. The van der Waals surface area contributed by atoms with Gasteiger partial charge in [0.15, 0.2) is 0 Å². The Morgan fingerprint density at radius 3 is 2.85 bits per heavy atom. The number of nitrogens with one attached hydrogen (secondary N) is 1. The van der Waals surface area contributed by atoms with E-state index in [-0.39, 0.29) is 22.4 Å². The molecule has 1 aromatic heterocycles. The number of rotatable bonds is 5. The highest BCUT2D eigenvalue weighted by Crippen LogP contribution is 2.33. The number of hydrazine groups is 1. The lowest BCUT2D eigenvalue weighted by Crippen LogP contribution is -2.30. The molecule has 2 aromatic rings. The van der Waals surface area contributed by atoms with Crippen molar-refractivity contribution in [1.29, 1.82) is 0 Å². The minimum atomic E-state index is -2.63. The summed E-state index contributed by atoms with van der Waals surface area (Å²) in [6, 6.07) is 4.37. The number of halogens is 3. The molecule has 0 unspecified atom stereocenters. The summed E-state index contributed by atoms with van der Waals surface area (Å²) in [5.41, 5.74) is 2.18. The zero-order valence-corrected chi connectivity index (χ0v) is 11.0. The first kappa shape index (κ1) is 14.8. The van der Waals surface area contributed by atoms with E-state index in [0.717, 1.165) is 11.3 Å². The number of hydrogen-bond acceptors (Lipinski definition) is 4. The molecule has 0 aliphatic carbocycles. The number of fused-ring (bicyclic) bond motifs is 1. The van der Waals surface area contributed by atoms with Crippen LogP contribution in [0.4, 0.5) is 13.2 Å². The summed E-state index contributed by atoms with van der Waals surface area (Å²) in [6.07, 6.45) is -2.63. The van der Waals surface area contributed by atoms with Crippen LogP contribution in [0.2, 0.25) is 0 Å². The van der Waals surface area contributed by atoms with Crippen molar-refractivity contribution in [1.82, 2.24) is 5.43 Å². The van der Waals surface area contributed by atoms with E-state index in [9.17, 15) is 18.0 Å². The molecule has 0 fully saturated rings. The number of amides is 1. The second-order valence-corrected chi connectivity index (χ2v) is 4.95. The number of alkyl halides is 2. The molecule has 1 amide bonds. The first-order valence-corrected chi connectivity index (χ1v) is 6.43. The maximum absolute atomic E-state index is 13.9. The molecular weight excluding hydrogens is 293 g/mol. The lowest BCUT2D eigenvalue weighted by Gasteiger charge is -2.06. The Labute approximate surface area is 116 Å². The van der Waals surface area contributed by atoms with Crippen LogP contribution in [-0.4, -0.2) is 18.9 Å². The molecule has 0 spiro atoms. The summed E-state index contributed by atoms with van der Waals surface area (Å²) in [4.78, 5) is 11.8. The zero-order chi connectivity index (χ0) is 14.7. The highest BCUT2D eigenvalue weighted by molar-refractivity contribution is 7.21. The number of carbonyl (C=O) groups is 1. The largest absolute Gasteiger partial charge is 0.371 e. The zero-order valence-electron chi connectivity index (χ0n) is 10.2. The van der Waals surface area contributed by atoms with Crippen molar-refractivity contribution in [2.24, 2.45) is 5.84 Å². The van der Waals surface area contributed by atoms with Gasteiger partial charge in [0.2, 0.25) is 0 Å². The molecule has 0 saturated carbocycles. The topological polar surface area (TPSA) is 64.3 Å². The van der Waals surface area contributed by atoms with E-state index in [2.05, 4.69) is 0 Å². The molecule has 0 atom stereocenters. The van der Waals surface area contributed by atoms with Gasteiger partial charge in [-0.15, -0.1) is 11.3 Å². The Morgan fingerprint density at radius 1 is 1.45 bits per heavy atom. The second kappa shape index (κ2) is 6.21. The lowest BCUT2D eigenvalue weighted by molar-refractivity contribution is 0.0101. The summed E-state index contributed by atoms with van der Waals surface area (Å²) in [5, 5.41) is 0.199. The summed E-state index contributed by atoms with van der Waals surface area (Å²) in [7, 11) is 0. The molecule has 1 aromatic carbocycles. The summed E-state index contributed by atoms with van der Waals surface area (Å²) < 4.78 is 43.4. The van der Waals surface area contributed by atoms with Gasteiger partial charge in [-0.05, 0) is 12.1 Å². The minimum Gasteiger partial charge on any atom is -0.371 e. The molecule has 0 bridgehead atoms. The summed E-state index contributed by atoms with van der Waals surface area (Å²) in [5.74, 6) is 3.92. The predicted molar refractivity (Wildman–Crippen MR) is 69.1 cm³/mol. The lowest BCUT2D eigenvalue weighted by atomic mass is 10.1. The number of ether oxygens (including phenoxy) is 1. The third-order valence-corrected chi connectivity index (χ3v) is 3.79. The van der Waals surface area contributed by atoms with Gasteiger partial charge >= 0.3 is 0 Å². The van der Waals surface area contributed by atoms with Gasteiger partial charge in [-0.3, -0.25) is 10.2 Å². The third-order valence-electron chi connectivity index (χ3n) is 2.59. The van der Waals surface area contributed by atoms with Crippen LogP contribution in [0.3, 0.4) is 0 Å². The fourth-order valence-electron chi connectivity index (χ4n) is 1.80. The Kier molecular flexibility index (Phi) is 4.58. The van der Waals surface area contributed by atoms with Gasteiger partial charge in [-0.2, -0.15) is 0 Å². The quantitative estimate of drug-likeness (QED) is 0.506. The highest BCUT2D eigenvalue weighted by atomic mass is 32.1. The van der Waals surface area contributed by atoms with Gasteiger partial charge in [-0.1, -0.05) is 6.07 Å². The van der Waals surface area contributed by atoms with E-state index in [4.69, 9.17) is 10.6 Å². The Hall–Kier alpha value is -1.64. The molecule has 0 radical (unpaired) electrons. The third kappa shape index (κ3) is 2.92. The second-order valence-electron chi connectivity index (χ2n) is 3.90. The average molecular weight is 304 g/mol. The fourth-order valence-corrected chi connectivity index (χ4v) is 2.93. The van der Waals surface area contributed by atoms with Crippen LogP contribution in [0.1, 0.15) is 15.2 Å². The molecule has 1 heterocycles. The van der Waals surface area contributed by atoms with Gasteiger partial charge in [0.25, 0.3) is 12.3 Å². The predicted octanol–water partition coefficient (Wildman–Crippen LogP) is 2.43. The molecule has 3 N–H and O–H groups in total. The van der Waals surface area contributed by atoms with Crippen LogP contribution in [0.25, 0.3) is 10.1 Å². The van der Waals surface area contributed by atoms with Gasteiger partial charge in [-0.25, -0.2) is 19.0 Å². The smallest absolute Gasteiger partial charge is 0.275 e. The molecule has 4 nitrogen and oxygen atoms in total. The van der Waals surface area contributed by atoms with Gasteiger partial charge in [0, 0.05) is 15.6 Å². The van der Waals surface area contributed by atoms with Crippen LogP contribution < -0.4 is 11.3 Å².